The van der Waals surface area contributed by atoms with E-state index in [0.29, 0.717) is 5.69 Å². The number of fused-ring (bicyclic) bond motifs is 1. The van der Waals surface area contributed by atoms with Gasteiger partial charge in [0.05, 0.1) is 10.2 Å². The number of amides is 1. The molecule has 154 valence electrons. The van der Waals surface area contributed by atoms with Crippen molar-refractivity contribution in [3.8, 4) is 0 Å². The molecule has 2 aromatic rings. The van der Waals surface area contributed by atoms with Gasteiger partial charge in [0.2, 0.25) is 0 Å². The van der Waals surface area contributed by atoms with Crippen LogP contribution >= 0.6 is 15.9 Å². The van der Waals surface area contributed by atoms with Crippen LogP contribution in [0.15, 0.2) is 16.7 Å². The topological polar surface area (TPSA) is 46.4 Å². The van der Waals surface area contributed by atoms with Crippen LogP contribution in [-0.4, -0.2) is 21.3 Å². The third-order valence-electron chi connectivity index (χ3n) is 5.87. The van der Waals surface area contributed by atoms with Crippen LogP contribution in [0.4, 0.5) is 0 Å². The van der Waals surface area contributed by atoms with Gasteiger partial charge < -0.3 is 5.32 Å². The normalized spacial score (nSPS) is 17.8. The van der Waals surface area contributed by atoms with Crippen LogP contribution in [0.5, 0.6) is 0 Å². The zero-order valence-electron chi connectivity index (χ0n) is 17.4. The van der Waals surface area contributed by atoms with E-state index in [-0.39, 0.29) is 11.9 Å². The van der Waals surface area contributed by atoms with Gasteiger partial charge in [-0.1, -0.05) is 64.7 Å². The summed E-state index contributed by atoms with van der Waals surface area (Å²) in [5.41, 5.74) is 3.51. The molecule has 2 heterocycles. The second-order valence-electron chi connectivity index (χ2n) is 8.25. The average Bonchev–Trinajstić information content (AvgIpc) is 3.03. The zero-order chi connectivity index (χ0) is 19.9. The summed E-state index contributed by atoms with van der Waals surface area (Å²) in [5.74, 6) is 0.0268. The number of hydrogen-bond acceptors (Lipinski definition) is 2. The molecule has 1 N–H and O–H groups in total. The quantitative estimate of drug-likeness (QED) is 0.593. The van der Waals surface area contributed by atoms with Gasteiger partial charge in [-0.25, -0.2) is 4.98 Å². The number of rotatable bonds is 3. The van der Waals surface area contributed by atoms with Crippen molar-refractivity contribution in [3.63, 3.8) is 0 Å². The fourth-order valence-corrected chi connectivity index (χ4v) is 4.97. The minimum absolute atomic E-state index is 0.0268. The molecule has 0 saturated heterocycles. The van der Waals surface area contributed by atoms with Crippen molar-refractivity contribution in [2.45, 2.75) is 96.9 Å². The Morgan fingerprint density at radius 1 is 1.11 bits per heavy atom. The molecule has 3 rings (SSSR count). The number of aryl methyl sites for hydroxylation is 2. The van der Waals surface area contributed by atoms with Crippen LogP contribution in [0.25, 0.3) is 5.65 Å². The Morgan fingerprint density at radius 3 is 2.25 bits per heavy atom. The summed E-state index contributed by atoms with van der Waals surface area (Å²) in [5, 5.41) is 3.36. The highest BCUT2D eigenvalue weighted by atomic mass is 79.9. The van der Waals surface area contributed by atoms with E-state index in [9.17, 15) is 4.79 Å². The van der Waals surface area contributed by atoms with Gasteiger partial charge in [-0.3, -0.25) is 9.20 Å². The van der Waals surface area contributed by atoms with Gasteiger partial charge >= 0.3 is 0 Å². The lowest BCUT2D eigenvalue weighted by Gasteiger charge is -2.20. The number of imidazole rings is 1. The number of nitrogens with zero attached hydrogens (tertiary/aromatic N) is 2. The number of aromatic nitrogens is 2. The highest BCUT2D eigenvalue weighted by molar-refractivity contribution is 9.10. The molecule has 0 spiro atoms. The van der Waals surface area contributed by atoms with Crippen LogP contribution in [0.1, 0.15) is 99.3 Å². The number of nitrogens with one attached hydrogen (secondary N) is 1. The van der Waals surface area contributed by atoms with Crippen molar-refractivity contribution in [2.24, 2.45) is 0 Å². The number of pyridine rings is 1. The summed E-state index contributed by atoms with van der Waals surface area (Å²) < 4.78 is 2.90. The molecule has 28 heavy (non-hydrogen) atoms. The van der Waals surface area contributed by atoms with Gasteiger partial charge in [0, 0.05) is 12.2 Å². The van der Waals surface area contributed by atoms with Crippen molar-refractivity contribution in [1.29, 1.82) is 0 Å². The SMILES string of the molecule is CCc1nc2c(Br)cc(C)cn2c1C(=O)NC1CCCCCCCCCCC1. The molecule has 0 radical (unpaired) electrons. The molecule has 0 bridgehead atoms. The Balaban J connectivity index is 1.78. The Labute approximate surface area is 177 Å². The van der Waals surface area contributed by atoms with Crippen LogP contribution in [-0.2, 0) is 6.42 Å². The molecule has 5 heteroatoms. The van der Waals surface area contributed by atoms with Crippen LogP contribution in [0.3, 0.4) is 0 Å². The lowest BCUT2D eigenvalue weighted by atomic mass is 9.98. The van der Waals surface area contributed by atoms with Crippen molar-refractivity contribution in [2.75, 3.05) is 0 Å². The van der Waals surface area contributed by atoms with Crippen molar-refractivity contribution in [3.05, 3.63) is 33.7 Å². The van der Waals surface area contributed by atoms with Crippen LogP contribution < -0.4 is 5.32 Å². The Kier molecular flexibility index (Phi) is 7.95. The number of halogens is 1. The summed E-state index contributed by atoms with van der Waals surface area (Å²) in [6.07, 6.45) is 16.7. The predicted octanol–water partition coefficient (Wildman–Crippen LogP) is 6.37. The van der Waals surface area contributed by atoms with E-state index in [4.69, 9.17) is 4.98 Å². The second kappa shape index (κ2) is 10.4. The first kappa shape index (κ1) is 21.4. The molecule has 1 fully saturated rings. The van der Waals surface area contributed by atoms with Gasteiger partial charge in [0.15, 0.2) is 5.65 Å². The predicted molar refractivity (Wildman–Crippen MR) is 119 cm³/mol. The Hall–Kier alpha value is -1.36. The van der Waals surface area contributed by atoms with Gasteiger partial charge in [-0.15, -0.1) is 0 Å². The van der Waals surface area contributed by atoms with Crippen molar-refractivity contribution in [1.82, 2.24) is 14.7 Å². The molecule has 0 unspecified atom stereocenters. The summed E-state index contributed by atoms with van der Waals surface area (Å²) >= 11 is 3.61. The molecular formula is C23H34BrN3O. The fourth-order valence-electron chi connectivity index (χ4n) is 4.33. The first-order chi connectivity index (χ1) is 13.6. The third-order valence-corrected chi connectivity index (χ3v) is 6.46. The number of carbonyl (C=O) groups is 1. The fraction of sp³-hybridized carbons (Fsp3) is 0.652. The zero-order valence-corrected chi connectivity index (χ0v) is 19.0. The van der Waals surface area contributed by atoms with E-state index >= 15 is 0 Å². The smallest absolute Gasteiger partial charge is 0.270 e. The van der Waals surface area contributed by atoms with E-state index in [1.807, 2.05) is 17.5 Å². The Morgan fingerprint density at radius 2 is 1.68 bits per heavy atom. The highest BCUT2D eigenvalue weighted by Gasteiger charge is 2.22. The monoisotopic (exact) mass is 447 g/mol. The molecule has 2 aromatic heterocycles. The lowest BCUT2D eigenvalue weighted by Crippen LogP contribution is -2.36. The second-order valence-corrected chi connectivity index (χ2v) is 9.10. The molecule has 4 nitrogen and oxygen atoms in total. The molecule has 1 aliphatic rings. The lowest BCUT2D eigenvalue weighted by molar-refractivity contribution is 0.0924. The van der Waals surface area contributed by atoms with Gasteiger partial charge in [-0.2, -0.15) is 0 Å². The molecule has 1 saturated carbocycles. The van der Waals surface area contributed by atoms with E-state index in [2.05, 4.69) is 34.2 Å². The molecule has 0 atom stereocenters. The van der Waals surface area contributed by atoms with Crippen molar-refractivity contribution < 1.29 is 4.79 Å². The maximum atomic E-state index is 13.3. The van der Waals surface area contributed by atoms with E-state index < -0.39 is 0 Å². The molecular weight excluding hydrogens is 414 g/mol. The van der Waals surface area contributed by atoms with Crippen LogP contribution in [0.2, 0.25) is 0 Å². The summed E-state index contributed by atoms with van der Waals surface area (Å²) in [6.45, 7) is 4.11. The van der Waals surface area contributed by atoms with Gasteiger partial charge in [0.25, 0.3) is 5.91 Å². The molecule has 0 aliphatic heterocycles. The summed E-state index contributed by atoms with van der Waals surface area (Å²) in [6, 6.07) is 2.33. The average molecular weight is 448 g/mol. The minimum atomic E-state index is 0.0268. The first-order valence-corrected chi connectivity index (χ1v) is 11.9. The van der Waals surface area contributed by atoms with Gasteiger partial charge in [0.1, 0.15) is 5.69 Å². The Bertz CT molecular complexity index is 787. The molecule has 0 aromatic carbocycles. The number of hydrogen-bond donors (Lipinski definition) is 1. The molecule has 1 aliphatic carbocycles. The van der Waals surface area contributed by atoms with E-state index in [1.165, 1.54) is 57.8 Å². The number of carbonyl (C=O) groups excluding carboxylic acids is 1. The summed E-state index contributed by atoms with van der Waals surface area (Å²) in [4.78, 5) is 18.0. The van der Waals surface area contributed by atoms with Gasteiger partial charge in [-0.05, 0) is 53.7 Å². The maximum absolute atomic E-state index is 13.3. The molecule has 1 amide bonds. The minimum Gasteiger partial charge on any atom is -0.348 e. The standard InChI is InChI=1S/C23H34BrN3O/c1-3-20-21(27-16-17(2)15-19(24)22(27)26-20)23(28)25-18-13-11-9-7-5-4-6-8-10-12-14-18/h15-16,18H,3-14H2,1-2H3,(H,25,28). The van der Waals surface area contributed by atoms with Crippen molar-refractivity contribution >= 4 is 27.5 Å². The largest absolute Gasteiger partial charge is 0.348 e. The summed E-state index contributed by atoms with van der Waals surface area (Å²) in [7, 11) is 0. The first-order valence-electron chi connectivity index (χ1n) is 11.1. The maximum Gasteiger partial charge on any atom is 0.270 e. The van der Waals surface area contributed by atoms with E-state index in [0.717, 1.165) is 40.6 Å². The van der Waals surface area contributed by atoms with E-state index in [1.54, 1.807) is 0 Å². The third kappa shape index (κ3) is 5.37. The highest BCUT2D eigenvalue weighted by Crippen LogP contribution is 2.24. The van der Waals surface area contributed by atoms with Crippen LogP contribution in [0, 0.1) is 6.92 Å².